The molecule has 31 heavy (non-hydrogen) atoms. The van der Waals surface area contributed by atoms with Crippen LogP contribution in [0, 0.1) is 5.92 Å². The Morgan fingerprint density at radius 1 is 0.935 bits per heavy atom. The molecule has 2 heterocycles. The van der Waals surface area contributed by atoms with Crippen LogP contribution in [0.15, 0.2) is 60.0 Å². The minimum absolute atomic E-state index is 0.0320. The van der Waals surface area contributed by atoms with Crippen molar-refractivity contribution in [3.63, 3.8) is 0 Å². The third-order valence-corrected chi connectivity index (χ3v) is 7.57. The number of benzene rings is 2. The largest absolute Gasteiger partial charge is 0.371 e. The van der Waals surface area contributed by atoms with E-state index in [2.05, 4.69) is 16.3 Å². The Hall–Kier alpha value is -2.64. The fourth-order valence-corrected chi connectivity index (χ4v) is 5.41. The Labute approximate surface area is 184 Å². The zero-order chi connectivity index (χ0) is 21.7. The summed E-state index contributed by atoms with van der Waals surface area (Å²) in [5.41, 5.74) is 2.79. The summed E-state index contributed by atoms with van der Waals surface area (Å²) in [6.07, 6.45) is 5.07. The predicted octanol–water partition coefficient (Wildman–Crippen LogP) is 3.94. The van der Waals surface area contributed by atoms with Crippen LogP contribution in [0.3, 0.4) is 0 Å². The Morgan fingerprint density at radius 3 is 2.35 bits per heavy atom. The third-order valence-electron chi connectivity index (χ3n) is 6.00. The summed E-state index contributed by atoms with van der Waals surface area (Å²) in [6, 6.07) is 17.3. The van der Waals surface area contributed by atoms with Crippen LogP contribution in [0.1, 0.15) is 31.2 Å². The van der Waals surface area contributed by atoms with Gasteiger partial charge < -0.3 is 10.2 Å². The summed E-state index contributed by atoms with van der Waals surface area (Å²) >= 11 is 0. The number of hydrogen-bond acceptors (Lipinski definition) is 4. The summed E-state index contributed by atoms with van der Waals surface area (Å²) in [5.74, 6) is -0.213. The van der Waals surface area contributed by atoms with Gasteiger partial charge in [0, 0.05) is 48.9 Å². The van der Waals surface area contributed by atoms with Gasteiger partial charge in [-0.2, -0.15) is 4.31 Å². The van der Waals surface area contributed by atoms with Crippen molar-refractivity contribution in [2.45, 2.75) is 25.7 Å². The average molecular weight is 440 g/mol. The molecule has 2 saturated heterocycles. The van der Waals surface area contributed by atoms with Crippen molar-refractivity contribution in [3.8, 4) is 0 Å². The lowest BCUT2D eigenvalue weighted by Gasteiger charge is -2.29. The van der Waals surface area contributed by atoms with Crippen LogP contribution in [-0.4, -0.2) is 44.8 Å². The van der Waals surface area contributed by atoms with Crippen LogP contribution < -0.4 is 10.2 Å². The number of nitrogens with one attached hydrogen (secondary N) is 1. The van der Waals surface area contributed by atoms with Crippen molar-refractivity contribution in [2.75, 3.05) is 36.4 Å². The van der Waals surface area contributed by atoms with Gasteiger partial charge in [0.05, 0.1) is 0 Å². The monoisotopic (exact) mass is 439 g/mol. The SMILES string of the molecule is O=C(Nc1cccc(N2CCCC2)c1)C1CCN(S(=O)(=O)C=Cc2ccccc2)CC1. The first-order valence-corrected chi connectivity index (χ1v) is 12.4. The van der Waals surface area contributed by atoms with Crippen LogP contribution in [0.25, 0.3) is 6.08 Å². The van der Waals surface area contributed by atoms with Crippen molar-refractivity contribution in [3.05, 3.63) is 65.6 Å². The second kappa shape index (κ2) is 9.66. The predicted molar refractivity (Wildman–Crippen MR) is 125 cm³/mol. The molecule has 0 spiro atoms. The van der Waals surface area contributed by atoms with E-state index in [1.165, 1.54) is 22.6 Å². The van der Waals surface area contributed by atoms with Gasteiger partial charge in [0.2, 0.25) is 15.9 Å². The van der Waals surface area contributed by atoms with Crippen LogP contribution in [0.5, 0.6) is 0 Å². The number of amides is 1. The molecule has 164 valence electrons. The molecule has 0 aromatic heterocycles. The number of anilines is 2. The van der Waals surface area contributed by atoms with Gasteiger partial charge in [0.1, 0.15) is 0 Å². The van der Waals surface area contributed by atoms with Crippen LogP contribution >= 0.6 is 0 Å². The zero-order valence-corrected chi connectivity index (χ0v) is 18.4. The van der Waals surface area contributed by atoms with Gasteiger partial charge in [-0.3, -0.25) is 4.79 Å². The van der Waals surface area contributed by atoms with Gasteiger partial charge >= 0.3 is 0 Å². The lowest BCUT2D eigenvalue weighted by Crippen LogP contribution is -2.40. The van der Waals surface area contributed by atoms with E-state index < -0.39 is 10.0 Å². The smallest absolute Gasteiger partial charge is 0.236 e. The van der Waals surface area contributed by atoms with Gasteiger partial charge in [-0.25, -0.2) is 8.42 Å². The van der Waals surface area contributed by atoms with Crippen LogP contribution in [0.2, 0.25) is 0 Å². The van der Waals surface area contributed by atoms with E-state index in [0.717, 1.165) is 30.0 Å². The lowest BCUT2D eigenvalue weighted by molar-refractivity contribution is -0.120. The molecular formula is C24H29N3O3S. The number of carbonyl (C=O) groups is 1. The van der Waals surface area contributed by atoms with E-state index in [9.17, 15) is 13.2 Å². The molecule has 2 aromatic carbocycles. The maximum atomic E-state index is 12.8. The summed E-state index contributed by atoms with van der Waals surface area (Å²) < 4.78 is 26.7. The van der Waals surface area contributed by atoms with E-state index in [1.54, 1.807) is 6.08 Å². The number of hydrogen-bond donors (Lipinski definition) is 1. The van der Waals surface area contributed by atoms with E-state index in [-0.39, 0.29) is 11.8 Å². The number of sulfonamides is 1. The molecule has 0 bridgehead atoms. The maximum absolute atomic E-state index is 12.8. The second-order valence-electron chi connectivity index (χ2n) is 8.17. The highest BCUT2D eigenvalue weighted by molar-refractivity contribution is 7.92. The summed E-state index contributed by atoms with van der Waals surface area (Å²) in [5, 5.41) is 4.28. The highest BCUT2D eigenvalue weighted by atomic mass is 32.2. The Balaban J connectivity index is 1.31. The minimum Gasteiger partial charge on any atom is -0.371 e. The first-order valence-electron chi connectivity index (χ1n) is 10.9. The van der Waals surface area contributed by atoms with Gasteiger partial charge in [0.15, 0.2) is 0 Å². The number of carbonyl (C=O) groups excluding carboxylic acids is 1. The van der Waals surface area contributed by atoms with Crippen LogP contribution in [-0.2, 0) is 14.8 Å². The van der Waals surface area contributed by atoms with Crippen molar-refractivity contribution in [1.82, 2.24) is 4.31 Å². The fourth-order valence-electron chi connectivity index (χ4n) is 4.19. The molecule has 2 fully saturated rings. The fraction of sp³-hybridized carbons (Fsp3) is 0.375. The highest BCUT2D eigenvalue weighted by Gasteiger charge is 2.30. The van der Waals surface area contributed by atoms with Crippen LogP contribution in [0.4, 0.5) is 11.4 Å². The molecule has 0 unspecified atom stereocenters. The molecule has 0 radical (unpaired) electrons. The number of nitrogens with zero attached hydrogens (tertiary/aromatic N) is 2. The van der Waals surface area contributed by atoms with E-state index >= 15 is 0 Å². The Kier molecular flexibility index (Phi) is 6.73. The Bertz CT molecular complexity index is 1020. The van der Waals surface area contributed by atoms with E-state index in [0.29, 0.717) is 25.9 Å². The van der Waals surface area contributed by atoms with Gasteiger partial charge in [-0.15, -0.1) is 0 Å². The molecule has 0 saturated carbocycles. The summed E-state index contributed by atoms with van der Waals surface area (Å²) in [7, 11) is -3.49. The molecule has 0 atom stereocenters. The average Bonchev–Trinajstić information content (AvgIpc) is 3.34. The minimum atomic E-state index is -3.49. The lowest BCUT2D eigenvalue weighted by atomic mass is 9.97. The molecule has 2 aliphatic heterocycles. The molecule has 4 rings (SSSR count). The number of rotatable bonds is 6. The normalized spacial score (nSPS) is 18.5. The van der Waals surface area contributed by atoms with E-state index in [1.807, 2.05) is 48.5 Å². The van der Waals surface area contributed by atoms with Crippen molar-refractivity contribution in [2.24, 2.45) is 5.92 Å². The molecule has 1 amide bonds. The number of piperidine rings is 1. The van der Waals surface area contributed by atoms with E-state index in [4.69, 9.17) is 0 Å². The highest BCUT2D eigenvalue weighted by Crippen LogP contribution is 2.26. The molecule has 7 heteroatoms. The quantitative estimate of drug-likeness (QED) is 0.740. The first-order chi connectivity index (χ1) is 15.0. The van der Waals surface area contributed by atoms with Gasteiger partial charge in [0.25, 0.3) is 0 Å². The Morgan fingerprint density at radius 2 is 1.65 bits per heavy atom. The molecule has 6 nitrogen and oxygen atoms in total. The topological polar surface area (TPSA) is 69.7 Å². The molecule has 0 aliphatic carbocycles. The molecule has 2 aromatic rings. The first kappa shape index (κ1) is 21.6. The second-order valence-corrected chi connectivity index (χ2v) is 9.98. The molecule has 2 aliphatic rings. The standard InChI is InChI=1S/C24H29N3O3S/c28-24(25-22-9-6-10-23(19-22)26-14-4-5-15-26)21-11-16-27(17-12-21)31(29,30)18-13-20-7-2-1-3-8-20/h1-3,6-10,13,18-19,21H,4-5,11-12,14-17H2,(H,25,28). The van der Waals surface area contributed by atoms with Gasteiger partial charge in [-0.1, -0.05) is 36.4 Å². The zero-order valence-electron chi connectivity index (χ0n) is 17.6. The van der Waals surface area contributed by atoms with Crippen molar-refractivity contribution < 1.29 is 13.2 Å². The molecular weight excluding hydrogens is 410 g/mol. The molecule has 1 N–H and O–H groups in total. The maximum Gasteiger partial charge on any atom is 0.236 e. The third kappa shape index (κ3) is 5.54. The van der Waals surface area contributed by atoms with Crippen molar-refractivity contribution >= 4 is 33.4 Å². The van der Waals surface area contributed by atoms with Gasteiger partial charge in [-0.05, 0) is 55.5 Å². The summed E-state index contributed by atoms with van der Waals surface area (Å²) in [4.78, 5) is 15.1. The summed E-state index contributed by atoms with van der Waals surface area (Å²) in [6.45, 7) is 2.83. The van der Waals surface area contributed by atoms with Crippen molar-refractivity contribution in [1.29, 1.82) is 0 Å².